The standard InChI is InChI=1S/C22H21ClN6O3S/c23-15-6-8-16(9-7-15)26-19(31)20-27-28-21(33-20)22(32)29-11-3-4-14(13-29)18(30)25-12-17-5-1-2-10-24-17/h1-2,5-10,14H,3-4,11-13H2,(H,25,30)(H,26,31)/t14-/m1/s1. The van der Waals surface area contributed by atoms with Gasteiger partial charge in [-0.1, -0.05) is 29.0 Å². The lowest BCUT2D eigenvalue weighted by molar-refractivity contribution is -0.126. The van der Waals surface area contributed by atoms with Gasteiger partial charge in [0, 0.05) is 30.0 Å². The van der Waals surface area contributed by atoms with Crippen LogP contribution in [-0.4, -0.2) is 50.9 Å². The molecular formula is C22H21ClN6O3S. The Balaban J connectivity index is 1.33. The van der Waals surface area contributed by atoms with E-state index in [0.717, 1.165) is 17.0 Å². The molecule has 0 saturated carbocycles. The minimum Gasteiger partial charge on any atom is -0.350 e. The number of halogens is 1. The maximum Gasteiger partial charge on any atom is 0.286 e. The van der Waals surface area contributed by atoms with Crippen LogP contribution in [0.1, 0.15) is 38.1 Å². The van der Waals surface area contributed by atoms with Crippen molar-refractivity contribution in [1.82, 2.24) is 25.4 Å². The Morgan fingerprint density at radius 1 is 1.09 bits per heavy atom. The zero-order chi connectivity index (χ0) is 23.2. The van der Waals surface area contributed by atoms with Crippen molar-refractivity contribution in [3.8, 4) is 0 Å². The van der Waals surface area contributed by atoms with Crippen molar-refractivity contribution in [3.05, 3.63) is 69.4 Å². The maximum atomic E-state index is 12.9. The van der Waals surface area contributed by atoms with Crippen molar-refractivity contribution in [3.63, 3.8) is 0 Å². The lowest BCUT2D eigenvalue weighted by atomic mass is 9.97. The van der Waals surface area contributed by atoms with Crippen LogP contribution >= 0.6 is 22.9 Å². The molecule has 3 aromatic rings. The Kier molecular flexibility index (Phi) is 7.26. The summed E-state index contributed by atoms with van der Waals surface area (Å²) in [6, 6.07) is 12.2. The molecule has 1 fully saturated rings. The first-order valence-electron chi connectivity index (χ1n) is 10.4. The Hall–Kier alpha value is -3.37. The number of anilines is 1. The molecule has 33 heavy (non-hydrogen) atoms. The quantitative estimate of drug-likeness (QED) is 0.555. The first kappa shape index (κ1) is 22.8. The summed E-state index contributed by atoms with van der Waals surface area (Å²) in [5.74, 6) is -1.22. The SMILES string of the molecule is O=C(Nc1ccc(Cl)cc1)c1nnc(C(=O)N2CCC[C@@H](C(=O)NCc3ccccn3)C2)s1. The van der Waals surface area contributed by atoms with Crippen molar-refractivity contribution in [2.24, 2.45) is 5.92 Å². The monoisotopic (exact) mass is 484 g/mol. The number of aromatic nitrogens is 3. The summed E-state index contributed by atoms with van der Waals surface area (Å²) in [5.41, 5.74) is 1.33. The molecule has 1 saturated heterocycles. The molecule has 1 aliphatic rings. The highest BCUT2D eigenvalue weighted by Gasteiger charge is 2.30. The largest absolute Gasteiger partial charge is 0.350 e. The number of benzene rings is 1. The van der Waals surface area contributed by atoms with Gasteiger partial charge in [-0.2, -0.15) is 0 Å². The third kappa shape index (κ3) is 5.91. The smallest absolute Gasteiger partial charge is 0.286 e. The normalized spacial score (nSPS) is 15.7. The van der Waals surface area contributed by atoms with Crippen LogP contribution in [0.2, 0.25) is 5.02 Å². The lowest BCUT2D eigenvalue weighted by Crippen LogP contribution is -2.45. The van der Waals surface area contributed by atoms with Gasteiger partial charge in [0.2, 0.25) is 15.9 Å². The molecule has 11 heteroatoms. The average Bonchev–Trinajstić information content (AvgIpc) is 3.35. The predicted octanol–water partition coefficient (Wildman–Crippen LogP) is 3.01. The van der Waals surface area contributed by atoms with Crippen LogP contribution in [0.25, 0.3) is 0 Å². The van der Waals surface area contributed by atoms with Crippen molar-refractivity contribution in [1.29, 1.82) is 0 Å². The van der Waals surface area contributed by atoms with E-state index in [4.69, 9.17) is 11.6 Å². The zero-order valence-electron chi connectivity index (χ0n) is 17.5. The summed E-state index contributed by atoms with van der Waals surface area (Å²) in [7, 11) is 0. The topological polar surface area (TPSA) is 117 Å². The van der Waals surface area contributed by atoms with Gasteiger partial charge >= 0.3 is 0 Å². The highest BCUT2D eigenvalue weighted by molar-refractivity contribution is 7.15. The van der Waals surface area contributed by atoms with E-state index in [9.17, 15) is 14.4 Å². The van der Waals surface area contributed by atoms with Crippen molar-refractivity contribution in [2.45, 2.75) is 19.4 Å². The molecular weight excluding hydrogens is 464 g/mol. The molecule has 2 aromatic heterocycles. The Morgan fingerprint density at radius 2 is 1.88 bits per heavy atom. The molecule has 2 N–H and O–H groups in total. The van der Waals surface area contributed by atoms with E-state index in [1.165, 1.54) is 0 Å². The summed E-state index contributed by atoms with van der Waals surface area (Å²) in [6.45, 7) is 1.15. The number of hydrogen-bond acceptors (Lipinski definition) is 7. The van der Waals surface area contributed by atoms with Gasteiger partial charge < -0.3 is 15.5 Å². The fraction of sp³-hybridized carbons (Fsp3) is 0.273. The summed E-state index contributed by atoms with van der Waals surface area (Å²) in [6.07, 6.45) is 3.08. The number of carbonyl (C=O) groups excluding carboxylic acids is 3. The molecule has 3 amide bonds. The lowest BCUT2D eigenvalue weighted by Gasteiger charge is -2.31. The van der Waals surface area contributed by atoms with Crippen molar-refractivity contribution >= 4 is 46.3 Å². The van der Waals surface area contributed by atoms with Crippen LogP contribution < -0.4 is 10.6 Å². The molecule has 1 aliphatic heterocycles. The van der Waals surface area contributed by atoms with E-state index in [0.29, 0.717) is 43.2 Å². The van der Waals surface area contributed by atoms with Crippen molar-refractivity contribution < 1.29 is 14.4 Å². The molecule has 0 spiro atoms. The Labute approximate surface area is 199 Å². The second-order valence-electron chi connectivity index (χ2n) is 7.50. The van der Waals surface area contributed by atoms with Crippen LogP contribution in [0.5, 0.6) is 0 Å². The van der Waals surface area contributed by atoms with Gasteiger partial charge in [-0.25, -0.2) is 0 Å². The van der Waals surface area contributed by atoms with Crippen LogP contribution in [-0.2, 0) is 11.3 Å². The highest BCUT2D eigenvalue weighted by atomic mass is 35.5. The van der Waals surface area contributed by atoms with E-state index < -0.39 is 5.91 Å². The van der Waals surface area contributed by atoms with E-state index in [1.807, 2.05) is 18.2 Å². The number of carbonyl (C=O) groups is 3. The molecule has 170 valence electrons. The van der Waals surface area contributed by atoms with Crippen LogP contribution in [0, 0.1) is 5.92 Å². The van der Waals surface area contributed by atoms with Gasteiger partial charge in [-0.05, 0) is 49.2 Å². The van der Waals surface area contributed by atoms with E-state index in [2.05, 4.69) is 25.8 Å². The number of hydrogen-bond donors (Lipinski definition) is 2. The minimum absolute atomic E-state index is 0.0787. The number of piperidine rings is 1. The minimum atomic E-state index is -0.459. The summed E-state index contributed by atoms with van der Waals surface area (Å²) in [5, 5.41) is 14.1. The number of nitrogens with zero attached hydrogens (tertiary/aromatic N) is 4. The molecule has 1 aromatic carbocycles. The first-order chi connectivity index (χ1) is 16.0. The number of nitrogens with one attached hydrogen (secondary N) is 2. The van der Waals surface area contributed by atoms with Crippen molar-refractivity contribution in [2.75, 3.05) is 18.4 Å². The number of likely N-dealkylation sites (tertiary alicyclic amines) is 1. The van der Waals surface area contributed by atoms with Gasteiger partial charge in [-0.3, -0.25) is 19.4 Å². The molecule has 0 aliphatic carbocycles. The van der Waals surface area contributed by atoms with Crippen LogP contribution in [0.3, 0.4) is 0 Å². The summed E-state index contributed by atoms with van der Waals surface area (Å²) < 4.78 is 0. The molecule has 0 radical (unpaired) electrons. The van der Waals surface area contributed by atoms with Gasteiger partial charge in [0.15, 0.2) is 0 Å². The highest BCUT2D eigenvalue weighted by Crippen LogP contribution is 2.21. The van der Waals surface area contributed by atoms with Crippen LogP contribution in [0.15, 0.2) is 48.7 Å². The number of rotatable bonds is 6. The van der Waals surface area contributed by atoms with Gasteiger partial charge in [0.25, 0.3) is 11.8 Å². The molecule has 0 unspecified atom stereocenters. The van der Waals surface area contributed by atoms with Gasteiger partial charge in [-0.15, -0.1) is 10.2 Å². The Bertz CT molecular complexity index is 1140. The summed E-state index contributed by atoms with van der Waals surface area (Å²) >= 11 is 6.77. The Morgan fingerprint density at radius 3 is 2.64 bits per heavy atom. The molecule has 9 nitrogen and oxygen atoms in total. The van der Waals surface area contributed by atoms with Gasteiger partial charge in [0.1, 0.15) is 0 Å². The molecule has 3 heterocycles. The maximum absolute atomic E-state index is 12.9. The fourth-order valence-electron chi connectivity index (χ4n) is 3.45. The summed E-state index contributed by atoms with van der Waals surface area (Å²) in [4.78, 5) is 43.7. The van der Waals surface area contributed by atoms with Crippen LogP contribution in [0.4, 0.5) is 5.69 Å². The van der Waals surface area contributed by atoms with Gasteiger partial charge in [0.05, 0.1) is 18.2 Å². The fourth-order valence-corrected chi connectivity index (χ4v) is 4.29. The third-order valence-corrected chi connectivity index (χ3v) is 6.32. The second-order valence-corrected chi connectivity index (χ2v) is 8.92. The average molecular weight is 485 g/mol. The predicted molar refractivity (Wildman–Crippen MR) is 124 cm³/mol. The number of pyridine rings is 1. The molecule has 0 bridgehead atoms. The zero-order valence-corrected chi connectivity index (χ0v) is 19.1. The van der Waals surface area contributed by atoms with E-state index >= 15 is 0 Å². The molecule has 4 rings (SSSR count). The van der Waals surface area contributed by atoms with E-state index in [1.54, 1.807) is 35.4 Å². The van der Waals surface area contributed by atoms with E-state index in [-0.39, 0.29) is 27.7 Å². The molecule has 1 atom stereocenters. The number of amides is 3. The first-order valence-corrected chi connectivity index (χ1v) is 11.6. The second kappa shape index (κ2) is 10.5. The third-order valence-electron chi connectivity index (χ3n) is 5.15.